The Labute approximate surface area is 121 Å². The van der Waals surface area contributed by atoms with Crippen molar-refractivity contribution >= 4 is 11.8 Å². The SMILES string of the molecule is CC(C)(C)NCc1cccc(CN2CCSCC2)n1. The molecule has 0 aromatic carbocycles. The second-order valence-corrected chi connectivity index (χ2v) is 7.34. The molecule has 0 spiro atoms. The molecule has 19 heavy (non-hydrogen) atoms. The molecule has 1 aliphatic heterocycles. The van der Waals surface area contributed by atoms with Crippen LogP contribution in [0.15, 0.2) is 18.2 Å². The molecule has 2 rings (SSSR count). The minimum Gasteiger partial charge on any atom is -0.306 e. The molecule has 1 fully saturated rings. The molecule has 1 aromatic heterocycles. The van der Waals surface area contributed by atoms with Crippen LogP contribution in [0.2, 0.25) is 0 Å². The average Bonchev–Trinajstić information content (AvgIpc) is 2.37. The van der Waals surface area contributed by atoms with Crippen molar-refractivity contribution in [2.45, 2.75) is 39.4 Å². The third kappa shape index (κ3) is 5.51. The Bertz CT molecular complexity index is 395. The fourth-order valence-electron chi connectivity index (χ4n) is 2.06. The van der Waals surface area contributed by atoms with Gasteiger partial charge in [0.05, 0.1) is 11.4 Å². The zero-order valence-electron chi connectivity index (χ0n) is 12.3. The third-order valence-electron chi connectivity index (χ3n) is 3.15. The number of thioether (sulfide) groups is 1. The molecule has 0 saturated carbocycles. The highest BCUT2D eigenvalue weighted by molar-refractivity contribution is 7.99. The molecule has 4 heteroatoms. The molecule has 0 atom stereocenters. The van der Waals surface area contributed by atoms with E-state index in [1.807, 2.05) is 0 Å². The summed E-state index contributed by atoms with van der Waals surface area (Å²) in [5.41, 5.74) is 2.47. The highest BCUT2D eigenvalue weighted by atomic mass is 32.2. The smallest absolute Gasteiger partial charge is 0.0547 e. The van der Waals surface area contributed by atoms with E-state index in [9.17, 15) is 0 Å². The van der Waals surface area contributed by atoms with Crippen molar-refractivity contribution in [1.29, 1.82) is 0 Å². The van der Waals surface area contributed by atoms with Crippen molar-refractivity contribution in [3.8, 4) is 0 Å². The van der Waals surface area contributed by atoms with Crippen molar-refractivity contribution < 1.29 is 0 Å². The molecule has 0 aliphatic carbocycles. The summed E-state index contributed by atoms with van der Waals surface area (Å²) in [4.78, 5) is 7.26. The first kappa shape index (κ1) is 14.8. The van der Waals surface area contributed by atoms with Gasteiger partial charge in [0.1, 0.15) is 0 Å². The lowest BCUT2D eigenvalue weighted by Crippen LogP contribution is -2.35. The normalized spacial score (nSPS) is 17.6. The molecule has 3 nitrogen and oxygen atoms in total. The Morgan fingerprint density at radius 1 is 1.21 bits per heavy atom. The molecule has 0 amide bonds. The Balaban J connectivity index is 1.90. The molecule has 0 radical (unpaired) electrons. The van der Waals surface area contributed by atoms with Crippen LogP contribution < -0.4 is 5.32 Å². The van der Waals surface area contributed by atoms with E-state index in [2.05, 4.69) is 60.9 Å². The van der Waals surface area contributed by atoms with Crippen LogP contribution in [-0.2, 0) is 13.1 Å². The van der Waals surface area contributed by atoms with Crippen LogP contribution in [0.3, 0.4) is 0 Å². The number of hydrogen-bond donors (Lipinski definition) is 1. The van der Waals surface area contributed by atoms with Crippen molar-refractivity contribution in [2.24, 2.45) is 0 Å². The maximum absolute atomic E-state index is 4.76. The molecular formula is C15H25N3S. The zero-order valence-corrected chi connectivity index (χ0v) is 13.1. The molecule has 1 N–H and O–H groups in total. The number of pyridine rings is 1. The van der Waals surface area contributed by atoms with Crippen LogP contribution >= 0.6 is 11.8 Å². The Morgan fingerprint density at radius 2 is 1.89 bits per heavy atom. The minimum atomic E-state index is 0.141. The van der Waals surface area contributed by atoms with Gasteiger partial charge >= 0.3 is 0 Å². The summed E-state index contributed by atoms with van der Waals surface area (Å²) in [5, 5.41) is 3.49. The predicted molar refractivity (Wildman–Crippen MR) is 83.4 cm³/mol. The molecular weight excluding hydrogens is 254 g/mol. The van der Waals surface area contributed by atoms with Gasteiger partial charge in [-0.3, -0.25) is 9.88 Å². The Morgan fingerprint density at radius 3 is 2.58 bits per heavy atom. The number of nitrogens with one attached hydrogen (secondary N) is 1. The number of aromatic nitrogens is 1. The number of nitrogens with zero attached hydrogens (tertiary/aromatic N) is 2. The van der Waals surface area contributed by atoms with E-state index in [0.29, 0.717) is 0 Å². The maximum atomic E-state index is 4.76. The van der Waals surface area contributed by atoms with Gasteiger partial charge in [0.2, 0.25) is 0 Å². The zero-order chi connectivity index (χ0) is 13.7. The summed E-state index contributed by atoms with van der Waals surface area (Å²) >= 11 is 2.05. The number of hydrogen-bond acceptors (Lipinski definition) is 4. The summed E-state index contributed by atoms with van der Waals surface area (Å²) in [6.45, 7) is 10.8. The highest BCUT2D eigenvalue weighted by Crippen LogP contribution is 2.12. The third-order valence-corrected chi connectivity index (χ3v) is 4.10. The van der Waals surface area contributed by atoms with Gasteiger partial charge in [0.15, 0.2) is 0 Å². The van der Waals surface area contributed by atoms with E-state index in [4.69, 9.17) is 4.98 Å². The van der Waals surface area contributed by atoms with Crippen molar-refractivity contribution in [3.63, 3.8) is 0 Å². The van der Waals surface area contributed by atoms with Crippen LogP contribution in [0.4, 0.5) is 0 Å². The largest absolute Gasteiger partial charge is 0.306 e. The molecule has 1 aromatic rings. The number of rotatable bonds is 4. The summed E-state index contributed by atoms with van der Waals surface area (Å²) < 4.78 is 0. The van der Waals surface area contributed by atoms with Crippen LogP contribution in [0.1, 0.15) is 32.2 Å². The van der Waals surface area contributed by atoms with Crippen molar-refractivity contribution in [1.82, 2.24) is 15.2 Å². The van der Waals surface area contributed by atoms with Gasteiger partial charge in [-0.2, -0.15) is 11.8 Å². The van der Waals surface area contributed by atoms with Crippen LogP contribution in [-0.4, -0.2) is 40.0 Å². The standard InChI is InChI=1S/C15H25N3S/c1-15(2,3)16-11-13-5-4-6-14(17-13)12-18-7-9-19-10-8-18/h4-6,16H,7-12H2,1-3H3. The first-order valence-corrected chi connectivity index (χ1v) is 8.18. The quantitative estimate of drug-likeness (QED) is 0.917. The summed E-state index contributed by atoms with van der Waals surface area (Å²) in [5.74, 6) is 2.51. The summed E-state index contributed by atoms with van der Waals surface area (Å²) in [6.07, 6.45) is 0. The van der Waals surface area contributed by atoms with E-state index in [0.717, 1.165) is 18.8 Å². The lowest BCUT2D eigenvalue weighted by molar-refractivity contribution is 0.290. The van der Waals surface area contributed by atoms with E-state index < -0.39 is 0 Å². The van der Waals surface area contributed by atoms with Gasteiger partial charge in [-0.15, -0.1) is 0 Å². The van der Waals surface area contributed by atoms with E-state index in [1.54, 1.807) is 0 Å². The monoisotopic (exact) mass is 279 g/mol. The van der Waals surface area contributed by atoms with Gasteiger partial charge in [-0.1, -0.05) is 6.07 Å². The first-order valence-electron chi connectivity index (χ1n) is 7.03. The van der Waals surface area contributed by atoms with E-state index in [-0.39, 0.29) is 5.54 Å². The van der Waals surface area contributed by atoms with Gasteiger partial charge in [-0.25, -0.2) is 0 Å². The van der Waals surface area contributed by atoms with Gasteiger partial charge in [0.25, 0.3) is 0 Å². The second-order valence-electron chi connectivity index (χ2n) is 6.11. The predicted octanol–water partition coefficient (Wildman–Crippen LogP) is 2.52. The first-order chi connectivity index (χ1) is 9.03. The summed E-state index contributed by atoms with van der Waals surface area (Å²) in [7, 11) is 0. The molecule has 106 valence electrons. The molecule has 1 aliphatic rings. The van der Waals surface area contributed by atoms with Crippen molar-refractivity contribution in [3.05, 3.63) is 29.6 Å². The van der Waals surface area contributed by atoms with Gasteiger partial charge < -0.3 is 5.32 Å². The van der Waals surface area contributed by atoms with Gasteiger partial charge in [-0.05, 0) is 32.9 Å². The minimum absolute atomic E-state index is 0.141. The topological polar surface area (TPSA) is 28.2 Å². The van der Waals surface area contributed by atoms with Crippen molar-refractivity contribution in [2.75, 3.05) is 24.6 Å². The van der Waals surface area contributed by atoms with Crippen LogP contribution in [0, 0.1) is 0 Å². The molecule has 1 saturated heterocycles. The van der Waals surface area contributed by atoms with Crippen LogP contribution in [0.25, 0.3) is 0 Å². The van der Waals surface area contributed by atoms with E-state index in [1.165, 1.54) is 30.3 Å². The summed E-state index contributed by atoms with van der Waals surface area (Å²) in [6, 6.07) is 6.37. The fourth-order valence-corrected chi connectivity index (χ4v) is 3.04. The molecule has 0 unspecified atom stereocenters. The fraction of sp³-hybridized carbons (Fsp3) is 0.667. The van der Waals surface area contributed by atoms with E-state index >= 15 is 0 Å². The van der Waals surface area contributed by atoms with Crippen LogP contribution in [0.5, 0.6) is 0 Å². The molecule has 0 bridgehead atoms. The highest BCUT2D eigenvalue weighted by Gasteiger charge is 2.12. The average molecular weight is 279 g/mol. The van der Waals surface area contributed by atoms with Gasteiger partial charge in [0, 0.05) is 43.2 Å². The lowest BCUT2D eigenvalue weighted by atomic mass is 10.1. The Hall–Kier alpha value is -0.580. The second kappa shape index (κ2) is 6.73. The Kier molecular flexibility index (Phi) is 5.25. The molecule has 2 heterocycles. The maximum Gasteiger partial charge on any atom is 0.0547 e. The lowest BCUT2D eigenvalue weighted by Gasteiger charge is -2.26.